The molecule has 0 aromatic heterocycles. The summed E-state index contributed by atoms with van der Waals surface area (Å²) in [6, 6.07) is 10.8. The van der Waals surface area contributed by atoms with E-state index in [0.29, 0.717) is 37.6 Å². The first-order valence-electron chi connectivity index (χ1n) is 9.31. The number of rotatable bonds is 4. The Balaban J connectivity index is 1.74. The van der Waals surface area contributed by atoms with Gasteiger partial charge in [0.15, 0.2) is 11.6 Å². The lowest BCUT2D eigenvalue weighted by atomic mass is 10.2. The van der Waals surface area contributed by atoms with Gasteiger partial charge in [-0.3, -0.25) is 9.80 Å². The van der Waals surface area contributed by atoms with E-state index in [1.807, 2.05) is 0 Å². The van der Waals surface area contributed by atoms with E-state index in [-0.39, 0.29) is 17.2 Å². The van der Waals surface area contributed by atoms with Crippen molar-refractivity contribution in [2.24, 2.45) is 5.10 Å². The molecule has 4 rings (SSSR count). The second kappa shape index (κ2) is 8.04. The molecule has 1 saturated heterocycles. The summed E-state index contributed by atoms with van der Waals surface area (Å²) in [6.07, 6.45) is 0. The third kappa shape index (κ3) is 3.63. The summed E-state index contributed by atoms with van der Waals surface area (Å²) in [5, 5.41) is 5.06. The van der Waals surface area contributed by atoms with Gasteiger partial charge in [0.25, 0.3) is 5.91 Å². The molecule has 2 aromatic rings. The Labute approximate surface area is 173 Å². The van der Waals surface area contributed by atoms with Crippen LogP contribution >= 0.6 is 0 Å². The molecule has 0 unspecified atom stereocenters. The van der Waals surface area contributed by atoms with Crippen LogP contribution in [-0.2, 0) is 25.9 Å². The number of hydrazone groups is 1. The molecule has 2 heterocycles. The van der Waals surface area contributed by atoms with Crippen molar-refractivity contribution < 1.29 is 27.1 Å². The number of para-hydroxylation sites is 1. The van der Waals surface area contributed by atoms with Gasteiger partial charge in [-0.1, -0.05) is 18.2 Å². The summed E-state index contributed by atoms with van der Waals surface area (Å²) in [7, 11) is -2.72. The molecule has 158 valence electrons. The number of benzene rings is 2. The highest BCUT2D eigenvalue weighted by molar-refractivity contribution is 8.08. The Bertz CT molecular complexity index is 1110. The molecule has 2 aromatic carbocycles. The van der Waals surface area contributed by atoms with Crippen LogP contribution in [0, 0.1) is 5.82 Å². The maximum atomic E-state index is 14.1. The molecule has 0 saturated carbocycles. The minimum absolute atomic E-state index is 0.00871. The Morgan fingerprint density at radius 3 is 2.63 bits per heavy atom. The molecular formula is C20H20FN3O5S. The van der Waals surface area contributed by atoms with E-state index in [9.17, 15) is 17.6 Å². The van der Waals surface area contributed by atoms with E-state index in [4.69, 9.17) is 9.47 Å². The first-order chi connectivity index (χ1) is 14.4. The Kier molecular flexibility index (Phi) is 5.44. The predicted octanol–water partition coefficient (Wildman–Crippen LogP) is 1.80. The smallest absolute Gasteiger partial charge is 0.286 e. The van der Waals surface area contributed by atoms with Gasteiger partial charge in [0, 0.05) is 13.1 Å². The lowest BCUT2D eigenvalue weighted by Crippen LogP contribution is -2.47. The van der Waals surface area contributed by atoms with E-state index in [0.717, 1.165) is 0 Å². The standard InChI is InChI=1S/C20H20FN3O5S/c1-28-17-7-6-14(12-15(17)21)13-24-16-4-2-3-5-18(16)30(26,27)19(22-24)20(25)23-8-10-29-11-9-23/h2-7,12H,8-11,13H2,1H3. The Morgan fingerprint density at radius 1 is 1.20 bits per heavy atom. The third-order valence-electron chi connectivity index (χ3n) is 4.93. The average molecular weight is 433 g/mol. The molecule has 2 aliphatic heterocycles. The highest BCUT2D eigenvalue weighted by Crippen LogP contribution is 2.33. The van der Waals surface area contributed by atoms with Gasteiger partial charge in [-0.05, 0) is 29.8 Å². The molecule has 2 aliphatic rings. The number of hydrogen-bond donors (Lipinski definition) is 0. The van der Waals surface area contributed by atoms with Gasteiger partial charge in [0.2, 0.25) is 14.9 Å². The van der Waals surface area contributed by atoms with Crippen LogP contribution in [0.5, 0.6) is 5.75 Å². The van der Waals surface area contributed by atoms with Crippen molar-refractivity contribution in [3.05, 3.63) is 53.8 Å². The number of sulfone groups is 1. The zero-order valence-electron chi connectivity index (χ0n) is 16.2. The number of ether oxygens (including phenoxy) is 2. The minimum Gasteiger partial charge on any atom is -0.494 e. The number of amides is 1. The minimum atomic E-state index is -4.09. The van der Waals surface area contributed by atoms with Crippen LogP contribution < -0.4 is 9.75 Å². The van der Waals surface area contributed by atoms with Crippen LogP contribution in [-0.4, -0.2) is 57.7 Å². The lowest BCUT2D eigenvalue weighted by Gasteiger charge is -2.31. The number of halogens is 1. The number of methoxy groups -OCH3 is 1. The van der Waals surface area contributed by atoms with Crippen LogP contribution in [0.25, 0.3) is 0 Å². The molecule has 0 aliphatic carbocycles. The zero-order chi connectivity index (χ0) is 21.3. The van der Waals surface area contributed by atoms with Gasteiger partial charge in [-0.2, -0.15) is 5.10 Å². The average Bonchev–Trinajstić information content (AvgIpc) is 2.76. The number of carbonyl (C=O) groups is 1. The first kappa shape index (κ1) is 20.3. The Morgan fingerprint density at radius 2 is 1.93 bits per heavy atom. The van der Waals surface area contributed by atoms with E-state index in [1.165, 1.54) is 35.2 Å². The number of anilines is 1. The fourth-order valence-electron chi connectivity index (χ4n) is 3.38. The fourth-order valence-corrected chi connectivity index (χ4v) is 4.86. The van der Waals surface area contributed by atoms with E-state index in [2.05, 4.69) is 5.10 Å². The van der Waals surface area contributed by atoms with Crippen molar-refractivity contribution in [3.8, 4) is 5.75 Å². The molecule has 1 amide bonds. The van der Waals surface area contributed by atoms with Gasteiger partial charge < -0.3 is 14.4 Å². The third-order valence-corrected chi connectivity index (χ3v) is 6.62. The fraction of sp³-hybridized carbons (Fsp3) is 0.300. The number of morpholine rings is 1. The van der Waals surface area contributed by atoms with Crippen molar-refractivity contribution in [2.75, 3.05) is 38.4 Å². The molecule has 0 spiro atoms. The summed E-state index contributed by atoms with van der Waals surface area (Å²) in [5.74, 6) is -1.10. The number of fused-ring (bicyclic) bond motifs is 1. The van der Waals surface area contributed by atoms with Gasteiger partial charge in [0.1, 0.15) is 0 Å². The topological polar surface area (TPSA) is 88.5 Å². The van der Waals surface area contributed by atoms with Crippen molar-refractivity contribution in [2.45, 2.75) is 11.4 Å². The van der Waals surface area contributed by atoms with Crippen LogP contribution in [0.3, 0.4) is 0 Å². The monoisotopic (exact) mass is 433 g/mol. The van der Waals surface area contributed by atoms with E-state index < -0.39 is 26.6 Å². The van der Waals surface area contributed by atoms with Gasteiger partial charge in [-0.15, -0.1) is 0 Å². The normalized spacial score (nSPS) is 17.9. The van der Waals surface area contributed by atoms with Crippen LogP contribution in [0.4, 0.5) is 10.1 Å². The molecule has 8 nitrogen and oxygen atoms in total. The number of nitrogens with zero attached hydrogens (tertiary/aromatic N) is 3. The molecule has 0 radical (unpaired) electrons. The van der Waals surface area contributed by atoms with Crippen molar-refractivity contribution in [3.63, 3.8) is 0 Å². The molecule has 0 N–H and O–H groups in total. The SMILES string of the molecule is COc1ccc(CN2N=C(C(=O)N3CCOCC3)S(=O)(=O)c3ccccc32)cc1F. The summed E-state index contributed by atoms with van der Waals surface area (Å²) in [6.45, 7) is 1.33. The summed E-state index contributed by atoms with van der Waals surface area (Å²) in [4.78, 5) is 14.4. The van der Waals surface area contributed by atoms with E-state index >= 15 is 0 Å². The summed E-state index contributed by atoms with van der Waals surface area (Å²) >= 11 is 0. The quantitative estimate of drug-likeness (QED) is 0.731. The van der Waals surface area contributed by atoms with Gasteiger partial charge >= 0.3 is 0 Å². The molecule has 0 bridgehead atoms. The van der Waals surface area contributed by atoms with Crippen LogP contribution in [0.2, 0.25) is 0 Å². The summed E-state index contributed by atoms with van der Waals surface area (Å²) in [5.41, 5.74) is 0.872. The van der Waals surface area contributed by atoms with Gasteiger partial charge in [-0.25, -0.2) is 12.8 Å². The molecular weight excluding hydrogens is 413 g/mol. The van der Waals surface area contributed by atoms with E-state index in [1.54, 1.807) is 24.3 Å². The van der Waals surface area contributed by atoms with Crippen molar-refractivity contribution in [1.29, 1.82) is 0 Å². The number of carbonyl (C=O) groups excluding carboxylic acids is 1. The molecule has 30 heavy (non-hydrogen) atoms. The summed E-state index contributed by atoms with van der Waals surface area (Å²) < 4.78 is 50.5. The second-order valence-corrected chi connectivity index (χ2v) is 8.64. The largest absolute Gasteiger partial charge is 0.494 e. The highest BCUT2D eigenvalue weighted by atomic mass is 32.2. The van der Waals surface area contributed by atoms with Crippen molar-refractivity contribution >= 4 is 26.5 Å². The molecule has 0 atom stereocenters. The van der Waals surface area contributed by atoms with Crippen LogP contribution in [0.1, 0.15) is 5.56 Å². The maximum Gasteiger partial charge on any atom is 0.286 e. The Hall–Kier alpha value is -2.98. The zero-order valence-corrected chi connectivity index (χ0v) is 17.1. The molecule has 10 heteroatoms. The predicted molar refractivity (Wildman–Crippen MR) is 108 cm³/mol. The highest BCUT2D eigenvalue weighted by Gasteiger charge is 2.39. The second-order valence-electron chi connectivity index (χ2n) is 6.81. The maximum absolute atomic E-state index is 14.1. The van der Waals surface area contributed by atoms with Crippen molar-refractivity contribution in [1.82, 2.24) is 4.90 Å². The molecule has 1 fully saturated rings. The first-order valence-corrected chi connectivity index (χ1v) is 10.8. The van der Waals surface area contributed by atoms with Gasteiger partial charge in [0.05, 0.1) is 37.5 Å². The van der Waals surface area contributed by atoms with Crippen LogP contribution in [0.15, 0.2) is 52.5 Å². The number of hydrogen-bond acceptors (Lipinski definition) is 7. The lowest BCUT2D eigenvalue weighted by molar-refractivity contribution is -0.127.